The van der Waals surface area contributed by atoms with Gasteiger partial charge in [-0.25, -0.2) is 13.1 Å². The Morgan fingerprint density at radius 2 is 1.65 bits per heavy atom. The van der Waals surface area contributed by atoms with Crippen molar-refractivity contribution in [1.82, 2.24) is 4.72 Å². The molecule has 0 unspecified atom stereocenters. The van der Waals surface area contributed by atoms with Crippen molar-refractivity contribution in [3.63, 3.8) is 0 Å². The Hall–Kier alpha value is -2.10. The van der Waals surface area contributed by atoms with Gasteiger partial charge in [-0.05, 0) is 29.8 Å². The number of methoxy groups -OCH3 is 1. The normalized spacial score (nSPS) is 12.2. The third kappa shape index (κ3) is 5.45. The fraction of sp³-hybridized carbons (Fsp3) is 0.294. The molecule has 2 aromatic rings. The summed E-state index contributed by atoms with van der Waals surface area (Å²) in [5.74, 6) is 0.580. The van der Waals surface area contributed by atoms with Gasteiger partial charge >= 0.3 is 6.18 Å². The van der Waals surface area contributed by atoms with E-state index in [4.69, 9.17) is 9.47 Å². The first-order valence-electron chi connectivity index (χ1n) is 7.60. The highest BCUT2D eigenvalue weighted by Gasteiger charge is 2.36. The number of hydrogen-bond acceptors (Lipinski definition) is 4. The first kappa shape index (κ1) is 20.2. The van der Waals surface area contributed by atoms with Gasteiger partial charge in [0.15, 0.2) is 0 Å². The van der Waals surface area contributed by atoms with Crippen molar-refractivity contribution < 1.29 is 31.1 Å². The van der Waals surface area contributed by atoms with Crippen molar-refractivity contribution in [2.45, 2.75) is 17.6 Å². The number of sulfonamides is 1. The Balaban J connectivity index is 2.07. The Morgan fingerprint density at radius 1 is 1.00 bits per heavy atom. The van der Waals surface area contributed by atoms with Crippen molar-refractivity contribution >= 4 is 10.0 Å². The first-order chi connectivity index (χ1) is 12.2. The maximum atomic E-state index is 13.0. The highest BCUT2D eigenvalue weighted by molar-refractivity contribution is 7.89. The van der Waals surface area contributed by atoms with Crippen molar-refractivity contribution in [3.8, 4) is 5.75 Å². The van der Waals surface area contributed by atoms with Gasteiger partial charge in [0.05, 0.1) is 17.1 Å². The molecule has 1 N–H and O–H groups in total. The Bertz CT molecular complexity index is 821. The molecular weight excluding hydrogens is 371 g/mol. The molecular formula is C17H18F3NO4S. The molecule has 0 atom stereocenters. The van der Waals surface area contributed by atoms with Crippen LogP contribution in [-0.4, -0.2) is 28.7 Å². The molecule has 0 bridgehead atoms. The second-order valence-electron chi connectivity index (χ2n) is 5.30. The highest BCUT2D eigenvalue weighted by atomic mass is 32.2. The third-order valence-corrected chi connectivity index (χ3v) is 4.89. The lowest BCUT2D eigenvalue weighted by atomic mass is 10.2. The predicted octanol–water partition coefficient (Wildman–Crippen LogP) is 3.21. The first-order valence-corrected chi connectivity index (χ1v) is 9.09. The summed E-state index contributed by atoms with van der Waals surface area (Å²) in [5, 5.41) is 0. The zero-order valence-electron chi connectivity index (χ0n) is 13.9. The number of halogens is 3. The third-order valence-electron chi connectivity index (χ3n) is 3.43. The van der Waals surface area contributed by atoms with E-state index in [2.05, 4.69) is 4.72 Å². The van der Waals surface area contributed by atoms with Gasteiger partial charge in [-0.2, -0.15) is 13.2 Å². The molecule has 2 aromatic carbocycles. The van der Waals surface area contributed by atoms with Gasteiger partial charge in [-0.3, -0.25) is 0 Å². The molecule has 0 saturated heterocycles. The van der Waals surface area contributed by atoms with E-state index in [1.807, 2.05) is 0 Å². The average molecular weight is 389 g/mol. The van der Waals surface area contributed by atoms with Crippen LogP contribution < -0.4 is 9.46 Å². The lowest BCUT2D eigenvalue weighted by Gasteiger charge is -2.14. The van der Waals surface area contributed by atoms with Crippen LogP contribution in [0.2, 0.25) is 0 Å². The number of alkyl halides is 3. The van der Waals surface area contributed by atoms with E-state index in [0.717, 1.165) is 18.2 Å². The fourth-order valence-electron chi connectivity index (χ4n) is 2.14. The summed E-state index contributed by atoms with van der Waals surface area (Å²) in [6, 6.07) is 10.6. The number of rotatable bonds is 8. The molecule has 0 spiro atoms. The minimum Gasteiger partial charge on any atom is -0.491 e. The van der Waals surface area contributed by atoms with E-state index in [1.54, 1.807) is 31.4 Å². The van der Waals surface area contributed by atoms with E-state index < -0.39 is 26.7 Å². The lowest BCUT2D eigenvalue weighted by molar-refractivity contribution is -0.139. The van der Waals surface area contributed by atoms with Gasteiger partial charge in [0, 0.05) is 13.7 Å². The molecule has 0 aliphatic rings. The van der Waals surface area contributed by atoms with Crippen LogP contribution in [-0.2, 0) is 27.5 Å². The number of nitrogens with one attached hydrogen (secondary N) is 1. The SMILES string of the molecule is COCCOc1ccc(CNS(=O)(=O)c2ccccc2C(F)(F)F)cc1. The molecule has 0 radical (unpaired) electrons. The second-order valence-corrected chi connectivity index (χ2v) is 7.04. The molecule has 0 aliphatic heterocycles. The minimum atomic E-state index is -4.76. The van der Waals surface area contributed by atoms with Gasteiger partial charge in [0.25, 0.3) is 0 Å². The monoisotopic (exact) mass is 389 g/mol. The summed E-state index contributed by atoms with van der Waals surface area (Å²) in [6.07, 6.45) is -4.76. The number of hydrogen-bond donors (Lipinski definition) is 1. The maximum Gasteiger partial charge on any atom is 0.417 e. The van der Waals surface area contributed by atoms with Crippen LogP contribution >= 0.6 is 0 Å². The Kier molecular flexibility index (Phi) is 6.63. The molecule has 0 aliphatic carbocycles. The fourth-order valence-corrected chi connectivity index (χ4v) is 3.38. The van der Waals surface area contributed by atoms with Gasteiger partial charge < -0.3 is 9.47 Å². The van der Waals surface area contributed by atoms with Crippen molar-refractivity contribution in [1.29, 1.82) is 0 Å². The summed E-state index contributed by atoms with van der Waals surface area (Å²) in [5.41, 5.74) is -0.619. The standard InChI is InChI=1S/C17H18F3NO4S/c1-24-10-11-25-14-8-6-13(7-9-14)12-21-26(22,23)16-5-3-2-4-15(16)17(18,19)20/h2-9,21H,10-12H2,1H3. The van der Waals surface area contributed by atoms with Gasteiger partial charge in [0.1, 0.15) is 12.4 Å². The zero-order valence-corrected chi connectivity index (χ0v) is 14.7. The van der Waals surface area contributed by atoms with Gasteiger partial charge in [0.2, 0.25) is 10.0 Å². The molecule has 142 valence electrons. The van der Waals surface area contributed by atoms with Crippen LogP contribution in [0.5, 0.6) is 5.75 Å². The van der Waals surface area contributed by atoms with Crippen LogP contribution in [0.3, 0.4) is 0 Å². The molecule has 5 nitrogen and oxygen atoms in total. The van der Waals surface area contributed by atoms with E-state index in [9.17, 15) is 21.6 Å². The molecule has 0 amide bonds. The van der Waals surface area contributed by atoms with Gasteiger partial charge in [-0.15, -0.1) is 0 Å². The van der Waals surface area contributed by atoms with Gasteiger partial charge in [-0.1, -0.05) is 24.3 Å². The lowest BCUT2D eigenvalue weighted by Crippen LogP contribution is -2.26. The zero-order chi connectivity index (χ0) is 19.2. The highest BCUT2D eigenvalue weighted by Crippen LogP contribution is 2.33. The quantitative estimate of drug-likeness (QED) is 0.705. The maximum absolute atomic E-state index is 13.0. The number of ether oxygens (including phenoxy) is 2. The minimum absolute atomic E-state index is 0.146. The number of benzene rings is 2. The van der Waals surface area contributed by atoms with Crippen molar-refractivity contribution in [2.24, 2.45) is 0 Å². The summed E-state index contributed by atoms with van der Waals surface area (Å²) < 4.78 is 76.0. The van der Waals surface area contributed by atoms with E-state index >= 15 is 0 Å². The van der Waals surface area contributed by atoms with E-state index in [-0.39, 0.29) is 6.54 Å². The molecule has 2 rings (SSSR count). The predicted molar refractivity (Wildman–Crippen MR) is 89.3 cm³/mol. The molecule has 26 heavy (non-hydrogen) atoms. The van der Waals surface area contributed by atoms with Crippen LogP contribution in [0, 0.1) is 0 Å². The van der Waals surface area contributed by atoms with Crippen LogP contribution in [0.1, 0.15) is 11.1 Å². The average Bonchev–Trinajstić information content (AvgIpc) is 2.61. The van der Waals surface area contributed by atoms with Crippen molar-refractivity contribution in [3.05, 3.63) is 59.7 Å². The van der Waals surface area contributed by atoms with E-state index in [1.165, 1.54) is 6.07 Å². The smallest absolute Gasteiger partial charge is 0.417 e. The molecule has 9 heteroatoms. The second kappa shape index (κ2) is 8.52. The molecule has 0 heterocycles. The summed E-state index contributed by atoms with van der Waals surface area (Å²) in [7, 11) is -2.77. The van der Waals surface area contributed by atoms with Crippen molar-refractivity contribution in [2.75, 3.05) is 20.3 Å². The molecule has 0 fully saturated rings. The van der Waals surface area contributed by atoms with Crippen LogP contribution in [0.25, 0.3) is 0 Å². The molecule has 0 saturated carbocycles. The molecule has 0 aromatic heterocycles. The summed E-state index contributed by atoms with van der Waals surface area (Å²) in [4.78, 5) is -0.799. The topological polar surface area (TPSA) is 64.6 Å². The van der Waals surface area contributed by atoms with E-state index in [0.29, 0.717) is 24.5 Å². The summed E-state index contributed by atoms with van der Waals surface area (Å²) in [6.45, 7) is 0.656. The summed E-state index contributed by atoms with van der Waals surface area (Å²) >= 11 is 0. The Labute approximate surface area is 149 Å². The van der Waals surface area contributed by atoms with Crippen LogP contribution in [0.15, 0.2) is 53.4 Å². The largest absolute Gasteiger partial charge is 0.491 e. The Morgan fingerprint density at radius 3 is 2.27 bits per heavy atom. The van der Waals surface area contributed by atoms with Crippen LogP contribution in [0.4, 0.5) is 13.2 Å².